The number of nitrogens with one attached hydrogen (secondary N) is 2. The minimum Gasteiger partial charge on any atom is -0.324 e. The summed E-state index contributed by atoms with van der Waals surface area (Å²) >= 11 is 0. The van der Waals surface area contributed by atoms with E-state index in [0.717, 1.165) is 41.1 Å². The van der Waals surface area contributed by atoms with Crippen LogP contribution < -0.4 is 10.6 Å². The lowest BCUT2D eigenvalue weighted by Crippen LogP contribution is -2.40. The molecule has 6 heteroatoms. The topological polar surface area (TPSA) is 84.0 Å². The first-order chi connectivity index (χ1) is 16.2. The number of anilines is 2. The second kappa shape index (κ2) is 7.96. The number of rotatable bonds is 4. The SMILES string of the molecule is O=C(Nc1cccc2cccnc12)C1C2CCC(C2)C1C(=O)Nc1cccc2cccnc12. The monoisotopic (exact) mass is 436 g/mol. The van der Waals surface area contributed by atoms with E-state index in [1.165, 1.54) is 0 Å². The number of para-hydroxylation sites is 2. The van der Waals surface area contributed by atoms with Crippen LogP contribution in [0.1, 0.15) is 19.3 Å². The van der Waals surface area contributed by atoms with Gasteiger partial charge in [0.2, 0.25) is 11.8 Å². The highest BCUT2D eigenvalue weighted by molar-refractivity contribution is 6.06. The standard InChI is InChI=1S/C27H24N4O2/c32-26(30-20-9-1-5-16-7-3-13-28-24(16)20)22-18-11-12-19(15-18)23(22)27(33)31-21-10-2-6-17-8-4-14-29-25(17)21/h1-10,13-14,18-19,22-23H,11-12,15H2,(H,30,32)(H,31,33). The zero-order valence-electron chi connectivity index (χ0n) is 18.1. The Labute approximate surface area is 191 Å². The first-order valence-electron chi connectivity index (χ1n) is 11.5. The van der Waals surface area contributed by atoms with Crippen molar-refractivity contribution < 1.29 is 9.59 Å². The number of hydrogen-bond donors (Lipinski definition) is 2. The molecule has 2 heterocycles. The molecule has 0 radical (unpaired) electrons. The molecule has 4 atom stereocenters. The molecule has 0 saturated heterocycles. The third kappa shape index (κ3) is 3.42. The van der Waals surface area contributed by atoms with E-state index in [9.17, 15) is 9.59 Å². The molecular weight excluding hydrogens is 412 g/mol. The van der Waals surface area contributed by atoms with Gasteiger partial charge in [0.25, 0.3) is 0 Å². The Balaban J connectivity index is 1.28. The van der Waals surface area contributed by atoms with E-state index in [4.69, 9.17) is 0 Å². The summed E-state index contributed by atoms with van der Waals surface area (Å²) < 4.78 is 0. The molecule has 0 aliphatic heterocycles. The molecule has 2 fully saturated rings. The van der Waals surface area contributed by atoms with E-state index < -0.39 is 0 Å². The van der Waals surface area contributed by atoms with Crippen LogP contribution in [0.2, 0.25) is 0 Å². The highest BCUT2D eigenvalue weighted by Crippen LogP contribution is 2.53. The van der Waals surface area contributed by atoms with Gasteiger partial charge in [-0.3, -0.25) is 19.6 Å². The maximum Gasteiger partial charge on any atom is 0.228 e. The largest absolute Gasteiger partial charge is 0.324 e. The third-order valence-electron chi connectivity index (χ3n) is 7.30. The Morgan fingerprint density at radius 3 is 1.61 bits per heavy atom. The van der Waals surface area contributed by atoms with Gasteiger partial charge in [-0.05, 0) is 55.4 Å². The maximum absolute atomic E-state index is 13.5. The van der Waals surface area contributed by atoms with E-state index in [2.05, 4.69) is 20.6 Å². The summed E-state index contributed by atoms with van der Waals surface area (Å²) in [7, 11) is 0. The van der Waals surface area contributed by atoms with Crippen molar-refractivity contribution in [3.8, 4) is 0 Å². The van der Waals surface area contributed by atoms with Gasteiger partial charge in [-0.25, -0.2) is 0 Å². The molecule has 2 amide bonds. The van der Waals surface area contributed by atoms with E-state index in [-0.39, 0.29) is 35.5 Å². The van der Waals surface area contributed by atoms with Crippen molar-refractivity contribution in [1.29, 1.82) is 0 Å². The fourth-order valence-corrected chi connectivity index (χ4v) is 5.89. The molecule has 2 N–H and O–H groups in total. The van der Waals surface area contributed by atoms with E-state index in [1.807, 2.05) is 60.7 Å². The van der Waals surface area contributed by atoms with Crippen molar-refractivity contribution in [2.24, 2.45) is 23.7 Å². The van der Waals surface area contributed by atoms with Crippen LogP contribution in [0.4, 0.5) is 11.4 Å². The van der Waals surface area contributed by atoms with Crippen LogP contribution in [0.15, 0.2) is 73.1 Å². The predicted molar refractivity (Wildman–Crippen MR) is 129 cm³/mol. The minimum absolute atomic E-state index is 0.0865. The molecular formula is C27H24N4O2. The van der Waals surface area contributed by atoms with E-state index >= 15 is 0 Å². The Hall–Kier alpha value is -3.80. The summed E-state index contributed by atoms with van der Waals surface area (Å²) in [6.45, 7) is 0. The molecule has 2 aromatic carbocycles. The van der Waals surface area contributed by atoms with Crippen LogP contribution in [-0.4, -0.2) is 21.8 Å². The second-order valence-corrected chi connectivity index (χ2v) is 9.12. The second-order valence-electron chi connectivity index (χ2n) is 9.12. The van der Waals surface area contributed by atoms with Gasteiger partial charge in [0.05, 0.1) is 34.2 Å². The molecule has 4 aromatic rings. The van der Waals surface area contributed by atoms with Gasteiger partial charge in [0, 0.05) is 23.2 Å². The molecule has 164 valence electrons. The summed E-state index contributed by atoms with van der Waals surface area (Å²) in [4.78, 5) is 35.9. The van der Waals surface area contributed by atoms with Crippen molar-refractivity contribution >= 4 is 45.0 Å². The molecule has 2 aliphatic carbocycles. The summed E-state index contributed by atoms with van der Waals surface area (Å²) in [6.07, 6.45) is 6.37. The molecule has 0 spiro atoms. The van der Waals surface area contributed by atoms with Gasteiger partial charge in [-0.2, -0.15) is 0 Å². The smallest absolute Gasteiger partial charge is 0.228 e. The number of carbonyl (C=O) groups is 2. The van der Waals surface area contributed by atoms with Gasteiger partial charge in [0.15, 0.2) is 0 Å². The van der Waals surface area contributed by atoms with E-state index in [1.54, 1.807) is 12.4 Å². The maximum atomic E-state index is 13.5. The number of hydrogen-bond acceptors (Lipinski definition) is 4. The zero-order valence-corrected chi connectivity index (χ0v) is 18.1. The van der Waals surface area contributed by atoms with Crippen LogP contribution in [0.3, 0.4) is 0 Å². The van der Waals surface area contributed by atoms with Gasteiger partial charge < -0.3 is 10.6 Å². The van der Waals surface area contributed by atoms with Crippen LogP contribution in [0.5, 0.6) is 0 Å². The zero-order chi connectivity index (χ0) is 22.4. The molecule has 33 heavy (non-hydrogen) atoms. The third-order valence-corrected chi connectivity index (χ3v) is 7.30. The minimum atomic E-state index is -0.342. The van der Waals surface area contributed by atoms with Gasteiger partial charge in [0.1, 0.15) is 0 Å². The average molecular weight is 437 g/mol. The lowest BCUT2D eigenvalue weighted by Gasteiger charge is -2.29. The van der Waals surface area contributed by atoms with Crippen molar-refractivity contribution in [3.63, 3.8) is 0 Å². The first kappa shape index (κ1) is 19.9. The summed E-state index contributed by atoms with van der Waals surface area (Å²) in [5.74, 6) is -0.386. The normalized spacial score (nSPS) is 23.6. The quantitative estimate of drug-likeness (QED) is 0.470. The lowest BCUT2D eigenvalue weighted by molar-refractivity contribution is -0.131. The van der Waals surface area contributed by atoms with Crippen LogP contribution in [0, 0.1) is 23.7 Å². The number of fused-ring (bicyclic) bond motifs is 4. The number of nitrogens with zero attached hydrogens (tertiary/aromatic N) is 2. The number of benzene rings is 2. The van der Waals surface area contributed by atoms with Gasteiger partial charge >= 0.3 is 0 Å². The molecule has 6 nitrogen and oxygen atoms in total. The van der Waals surface area contributed by atoms with Gasteiger partial charge in [-0.15, -0.1) is 0 Å². The number of amides is 2. The Bertz CT molecular complexity index is 1270. The van der Waals surface area contributed by atoms with Gasteiger partial charge in [-0.1, -0.05) is 36.4 Å². The Kier molecular flexibility index (Phi) is 4.79. The van der Waals surface area contributed by atoms with Crippen molar-refractivity contribution in [1.82, 2.24) is 9.97 Å². The summed E-state index contributed by atoms with van der Waals surface area (Å²) in [6, 6.07) is 19.2. The predicted octanol–water partition coefficient (Wildman–Crippen LogP) is 5.02. The lowest BCUT2D eigenvalue weighted by atomic mass is 9.78. The summed E-state index contributed by atoms with van der Waals surface area (Å²) in [5, 5.41) is 8.14. The highest BCUT2D eigenvalue weighted by Gasteiger charge is 2.53. The number of aromatic nitrogens is 2. The molecule has 4 unspecified atom stereocenters. The molecule has 2 aromatic heterocycles. The number of carbonyl (C=O) groups excluding carboxylic acids is 2. The van der Waals surface area contributed by atoms with Crippen molar-refractivity contribution in [3.05, 3.63) is 73.1 Å². The fraction of sp³-hybridized carbons (Fsp3) is 0.259. The summed E-state index contributed by atoms with van der Waals surface area (Å²) in [5.41, 5.74) is 2.91. The number of pyridine rings is 2. The van der Waals surface area contributed by atoms with E-state index in [0.29, 0.717) is 11.4 Å². The van der Waals surface area contributed by atoms with Crippen LogP contribution in [0.25, 0.3) is 21.8 Å². The fourth-order valence-electron chi connectivity index (χ4n) is 5.89. The molecule has 2 bridgehead atoms. The van der Waals surface area contributed by atoms with Crippen LogP contribution in [-0.2, 0) is 9.59 Å². The van der Waals surface area contributed by atoms with Crippen molar-refractivity contribution in [2.45, 2.75) is 19.3 Å². The first-order valence-corrected chi connectivity index (χ1v) is 11.5. The Morgan fingerprint density at radius 1 is 0.667 bits per heavy atom. The van der Waals surface area contributed by atoms with Crippen LogP contribution >= 0.6 is 0 Å². The molecule has 6 rings (SSSR count). The molecule has 2 aliphatic rings. The average Bonchev–Trinajstić information content (AvgIpc) is 3.47. The highest BCUT2D eigenvalue weighted by atomic mass is 16.2. The Morgan fingerprint density at radius 2 is 1.12 bits per heavy atom. The molecule has 2 saturated carbocycles. The van der Waals surface area contributed by atoms with Crippen molar-refractivity contribution in [2.75, 3.05) is 10.6 Å².